The average Bonchev–Trinajstić information content (AvgIpc) is 2.68. The number of halogens is 3. The molecule has 1 N–H and O–H groups in total. The fourth-order valence-corrected chi connectivity index (χ4v) is 3.77. The highest BCUT2D eigenvalue weighted by Gasteiger charge is 2.36. The van der Waals surface area contributed by atoms with Crippen LogP contribution >= 0.6 is 0 Å². The van der Waals surface area contributed by atoms with E-state index in [-0.39, 0.29) is 0 Å². The SMILES string of the molecule is COc1ccc(C(c2cccc(C(F)(F)F)c2)N2CCCCC2C(=O)O)cc1. The van der Waals surface area contributed by atoms with E-state index in [2.05, 4.69) is 0 Å². The summed E-state index contributed by atoms with van der Waals surface area (Å²) in [5.74, 6) is -0.329. The third-order valence-electron chi connectivity index (χ3n) is 5.12. The molecular formula is C21H22F3NO3. The standard InChI is InChI=1S/C21H22F3NO3/c1-28-17-10-8-14(9-11-17)19(25-12-3-2-7-18(25)20(26)27)15-5-4-6-16(13-15)21(22,23)24/h4-6,8-11,13,18-19H,2-3,7,12H2,1H3,(H,26,27). The van der Waals surface area contributed by atoms with E-state index in [1.807, 2.05) is 0 Å². The molecule has 2 aromatic carbocycles. The first-order valence-corrected chi connectivity index (χ1v) is 9.11. The van der Waals surface area contributed by atoms with Crippen molar-refractivity contribution in [3.05, 3.63) is 65.2 Å². The van der Waals surface area contributed by atoms with Gasteiger partial charge in [-0.15, -0.1) is 0 Å². The number of carbonyl (C=O) groups is 1. The number of aliphatic carboxylic acids is 1. The van der Waals surface area contributed by atoms with Gasteiger partial charge in [-0.2, -0.15) is 13.2 Å². The molecule has 1 aliphatic rings. The molecule has 4 nitrogen and oxygen atoms in total. The second kappa shape index (κ2) is 8.22. The molecule has 2 aromatic rings. The monoisotopic (exact) mass is 393 g/mol. The summed E-state index contributed by atoms with van der Waals surface area (Å²) in [6.07, 6.45) is -2.41. The Bertz CT molecular complexity index is 820. The normalized spacial score (nSPS) is 19.2. The average molecular weight is 393 g/mol. The van der Waals surface area contributed by atoms with Crippen molar-refractivity contribution >= 4 is 5.97 Å². The molecule has 0 amide bonds. The van der Waals surface area contributed by atoms with Crippen molar-refractivity contribution < 1.29 is 27.8 Å². The molecule has 2 atom stereocenters. The van der Waals surface area contributed by atoms with Crippen molar-refractivity contribution in [1.82, 2.24) is 4.90 Å². The van der Waals surface area contributed by atoms with Crippen LogP contribution in [0.5, 0.6) is 5.75 Å². The number of carboxylic acids is 1. The topological polar surface area (TPSA) is 49.8 Å². The number of benzene rings is 2. The maximum absolute atomic E-state index is 13.3. The zero-order valence-corrected chi connectivity index (χ0v) is 15.4. The van der Waals surface area contributed by atoms with Crippen LogP contribution in [0, 0.1) is 0 Å². The van der Waals surface area contributed by atoms with Gasteiger partial charge in [-0.1, -0.05) is 30.7 Å². The fourth-order valence-electron chi connectivity index (χ4n) is 3.77. The molecule has 1 heterocycles. The molecule has 0 aromatic heterocycles. The Morgan fingerprint density at radius 2 is 1.86 bits per heavy atom. The van der Waals surface area contributed by atoms with Crippen molar-refractivity contribution in [2.75, 3.05) is 13.7 Å². The summed E-state index contributed by atoms with van der Waals surface area (Å²) >= 11 is 0. The van der Waals surface area contributed by atoms with Crippen molar-refractivity contribution in [2.45, 2.75) is 37.5 Å². The van der Waals surface area contributed by atoms with E-state index >= 15 is 0 Å². The second-order valence-electron chi connectivity index (χ2n) is 6.89. The lowest BCUT2D eigenvalue weighted by molar-refractivity contribution is -0.145. The quantitative estimate of drug-likeness (QED) is 0.797. The van der Waals surface area contributed by atoms with Gasteiger partial charge < -0.3 is 9.84 Å². The van der Waals surface area contributed by atoms with Gasteiger partial charge in [0.2, 0.25) is 0 Å². The zero-order chi connectivity index (χ0) is 20.3. The highest BCUT2D eigenvalue weighted by atomic mass is 19.4. The first kappa shape index (κ1) is 20.2. The number of rotatable bonds is 5. The number of carboxylic acid groups (broad SMARTS) is 1. The van der Waals surface area contributed by atoms with Crippen LogP contribution in [-0.4, -0.2) is 35.7 Å². The van der Waals surface area contributed by atoms with Crippen LogP contribution in [0.25, 0.3) is 0 Å². The smallest absolute Gasteiger partial charge is 0.416 e. The summed E-state index contributed by atoms with van der Waals surface area (Å²) in [5.41, 5.74) is 0.411. The lowest BCUT2D eigenvalue weighted by Gasteiger charge is -2.39. The van der Waals surface area contributed by atoms with E-state index in [4.69, 9.17) is 4.74 Å². The maximum atomic E-state index is 13.3. The van der Waals surface area contributed by atoms with Crippen LogP contribution < -0.4 is 4.74 Å². The molecule has 1 aliphatic heterocycles. The highest BCUT2D eigenvalue weighted by molar-refractivity contribution is 5.73. The lowest BCUT2D eigenvalue weighted by atomic mass is 9.91. The molecule has 1 fully saturated rings. The number of nitrogens with zero attached hydrogens (tertiary/aromatic N) is 1. The molecule has 28 heavy (non-hydrogen) atoms. The lowest BCUT2D eigenvalue weighted by Crippen LogP contribution is -2.46. The summed E-state index contributed by atoms with van der Waals surface area (Å²) in [6.45, 7) is 0.504. The predicted octanol–water partition coefficient (Wildman–Crippen LogP) is 4.74. The Hall–Kier alpha value is -2.54. The number of likely N-dealkylation sites (tertiary alicyclic amines) is 1. The summed E-state index contributed by atoms with van der Waals surface area (Å²) in [7, 11) is 1.53. The number of alkyl halides is 3. The summed E-state index contributed by atoms with van der Waals surface area (Å²) in [4.78, 5) is 13.6. The van der Waals surface area contributed by atoms with Gasteiger partial charge >= 0.3 is 12.1 Å². The minimum absolute atomic E-state index is 0.424. The van der Waals surface area contributed by atoms with Crippen LogP contribution in [0.4, 0.5) is 13.2 Å². The van der Waals surface area contributed by atoms with E-state index in [0.29, 0.717) is 24.3 Å². The number of piperidine rings is 1. The molecule has 0 spiro atoms. The van der Waals surface area contributed by atoms with Crippen molar-refractivity contribution in [2.24, 2.45) is 0 Å². The number of methoxy groups -OCH3 is 1. The first-order valence-electron chi connectivity index (χ1n) is 9.11. The Balaban J connectivity index is 2.09. The maximum Gasteiger partial charge on any atom is 0.416 e. The summed E-state index contributed by atoms with van der Waals surface area (Å²) in [6, 6.07) is 10.8. The molecule has 2 unspecified atom stereocenters. The van der Waals surface area contributed by atoms with Crippen LogP contribution in [0.15, 0.2) is 48.5 Å². The molecular weight excluding hydrogens is 371 g/mol. The van der Waals surface area contributed by atoms with Gasteiger partial charge in [0.15, 0.2) is 0 Å². The van der Waals surface area contributed by atoms with E-state index in [1.54, 1.807) is 35.2 Å². The predicted molar refractivity (Wildman–Crippen MR) is 98.3 cm³/mol. The third kappa shape index (κ3) is 4.30. The van der Waals surface area contributed by atoms with Gasteiger partial charge in [-0.3, -0.25) is 9.69 Å². The summed E-state index contributed by atoms with van der Waals surface area (Å²) in [5, 5.41) is 9.68. The molecule has 0 saturated carbocycles. The number of hydrogen-bond donors (Lipinski definition) is 1. The van der Waals surface area contributed by atoms with Crippen molar-refractivity contribution in [3.63, 3.8) is 0 Å². The molecule has 0 radical (unpaired) electrons. The third-order valence-corrected chi connectivity index (χ3v) is 5.12. The zero-order valence-electron chi connectivity index (χ0n) is 15.4. The van der Waals surface area contributed by atoms with Crippen molar-refractivity contribution in [1.29, 1.82) is 0 Å². The Labute approximate surface area is 161 Å². The number of hydrogen-bond acceptors (Lipinski definition) is 3. The van der Waals surface area contributed by atoms with Gasteiger partial charge in [-0.05, 0) is 54.8 Å². The minimum atomic E-state index is -4.46. The fraction of sp³-hybridized carbons (Fsp3) is 0.381. The van der Waals surface area contributed by atoms with Crippen LogP contribution in [-0.2, 0) is 11.0 Å². The van der Waals surface area contributed by atoms with Gasteiger partial charge in [0.05, 0.1) is 18.7 Å². The van der Waals surface area contributed by atoms with Crippen molar-refractivity contribution in [3.8, 4) is 5.75 Å². The Kier molecular flexibility index (Phi) is 5.93. The molecule has 0 bridgehead atoms. The largest absolute Gasteiger partial charge is 0.497 e. The Morgan fingerprint density at radius 3 is 2.46 bits per heavy atom. The first-order chi connectivity index (χ1) is 13.3. The van der Waals surface area contributed by atoms with Crippen LogP contribution in [0.3, 0.4) is 0 Å². The van der Waals surface area contributed by atoms with Gasteiger partial charge in [0.1, 0.15) is 11.8 Å². The minimum Gasteiger partial charge on any atom is -0.497 e. The molecule has 7 heteroatoms. The Morgan fingerprint density at radius 1 is 1.14 bits per heavy atom. The van der Waals surface area contributed by atoms with Gasteiger partial charge in [0, 0.05) is 0 Å². The number of ether oxygens (including phenoxy) is 1. The highest BCUT2D eigenvalue weighted by Crippen LogP contribution is 2.37. The van der Waals surface area contributed by atoms with Gasteiger partial charge in [-0.25, -0.2) is 0 Å². The van der Waals surface area contributed by atoms with Gasteiger partial charge in [0.25, 0.3) is 0 Å². The molecule has 1 saturated heterocycles. The second-order valence-corrected chi connectivity index (χ2v) is 6.89. The van der Waals surface area contributed by atoms with E-state index in [0.717, 1.165) is 30.5 Å². The van der Waals surface area contributed by atoms with E-state index < -0.39 is 29.8 Å². The molecule has 3 rings (SSSR count). The van der Waals surface area contributed by atoms with E-state index in [9.17, 15) is 23.1 Å². The molecule has 0 aliphatic carbocycles. The van der Waals surface area contributed by atoms with Crippen LogP contribution in [0.1, 0.15) is 42.0 Å². The summed E-state index contributed by atoms with van der Waals surface area (Å²) < 4.78 is 44.9. The van der Waals surface area contributed by atoms with Crippen LogP contribution in [0.2, 0.25) is 0 Å². The molecule has 150 valence electrons. The van der Waals surface area contributed by atoms with E-state index in [1.165, 1.54) is 13.2 Å².